The number of likely N-dealkylation sites (tertiary alicyclic amines) is 1. The summed E-state index contributed by atoms with van der Waals surface area (Å²) in [7, 11) is 1.62. The molecule has 0 radical (unpaired) electrons. The number of carbonyl (C=O) groups is 2. The lowest BCUT2D eigenvalue weighted by Crippen LogP contribution is -2.38. The predicted octanol–water partition coefficient (Wildman–Crippen LogP) is 1.10. The van der Waals surface area contributed by atoms with Crippen molar-refractivity contribution in [3.63, 3.8) is 0 Å². The molecule has 134 valence electrons. The van der Waals surface area contributed by atoms with Gasteiger partial charge in [0.25, 0.3) is 0 Å². The van der Waals surface area contributed by atoms with E-state index in [1.165, 1.54) is 0 Å². The van der Waals surface area contributed by atoms with Crippen molar-refractivity contribution in [1.82, 2.24) is 10.2 Å². The fourth-order valence-corrected chi connectivity index (χ4v) is 3.37. The van der Waals surface area contributed by atoms with E-state index in [-0.39, 0.29) is 42.7 Å². The van der Waals surface area contributed by atoms with Crippen molar-refractivity contribution >= 4 is 11.8 Å². The Balaban J connectivity index is 1.52. The number of hydrogen-bond acceptors (Lipinski definition) is 4. The van der Waals surface area contributed by atoms with Crippen LogP contribution < -0.4 is 10.1 Å². The van der Waals surface area contributed by atoms with E-state index in [0.29, 0.717) is 13.1 Å². The summed E-state index contributed by atoms with van der Waals surface area (Å²) < 4.78 is 5.13. The lowest BCUT2D eigenvalue weighted by Gasteiger charge is -2.18. The maximum absolute atomic E-state index is 12.4. The molecule has 2 aliphatic rings. The minimum Gasteiger partial charge on any atom is -0.497 e. The van der Waals surface area contributed by atoms with Gasteiger partial charge in [0, 0.05) is 38.1 Å². The quantitative estimate of drug-likeness (QED) is 0.758. The van der Waals surface area contributed by atoms with Crippen LogP contribution in [0, 0.1) is 11.8 Å². The lowest BCUT2D eigenvalue weighted by atomic mass is 10.1. The van der Waals surface area contributed by atoms with Crippen molar-refractivity contribution in [2.45, 2.75) is 25.4 Å². The van der Waals surface area contributed by atoms with E-state index in [0.717, 1.165) is 17.7 Å². The number of ether oxygens (including phenoxy) is 1. The van der Waals surface area contributed by atoms with Crippen LogP contribution in [-0.4, -0.2) is 48.1 Å². The molecule has 0 spiro atoms. The Morgan fingerprint density at radius 2 is 2.08 bits per heavy atom. The zero-order valence-electron chi connectivity index (χ0n) is 14.4. The summed E-state index contributed by atoms with van der Waals surface area (Å²) in [6, 6.07) is 7.54. The first-order valence-electron chi connectivity index (χ1n) is 8.59. The van der Waals surface area contributed by atoms with Crippen molar-refractivity contribution in [3.05, 3.63) is 42.0 Å². The standard InChI is InChI=1S/C19H24N2O4/c1-25-17-6-3-13(4-7-17)10-21-11-15(9-18(21)23)19(24)20-16-5-2-14(8-16)12-22/h2-7,14-16,22H,8-12H2,1H3,(H,20,24)/t14-,15?,16+/m0/s1. The summed E-state index contributed by atoms with van der Waals surface area (Å²) in [6.07, 6.45) is 4.83. The van der Waals surface area contributed by atoms with Crippen LogP contribution in [-0.2, 0) is 16.1 Å². The highest BCUT2D eigenvalue weighted by atomic mass is 16.5. The van der Waals surface area contributed by atoms with Gasteiger partial charge in [-0.3, -0.25) is 9.59 Å². The molecule has 2 amide bonds. The summed E-state index contributed by atoms with van der Waals surface area (Å²) in [5.41, 5.74) is 1.01. The summed E-state index contributed by atoms with van der Waals surface area (Å²) in [5.74, 6) is 0.499. The van der Waals surface area contributed by atoms with E-state index in [4.69, 9.17) is 9.84 Å². The third kappa shape index (κ3) is 4.20. The fraction of sp³-hybridized carbons (Fsp3) is 0.474. The monoisotopic (exact) mass is 344 g/mol. The fourth-order valence-electron chi connectivity index (χ4n) is 3.37. The number of aliphatic hydroxyl groups is 1. The van der Waals surface area contributed by atoms with Crippen LogP contribution in [0.2, 0.25) is 0 Å². The predicted molar refractivity (Wildman–Crippen MR) is 92.8 cm³/mol. The molecule has 3 rings (SSSR count). The number of benzene rings is 1. The highest BCUT2D eigenvalue weighted by molar-refractivity contribution is 5.89. The lowest BCUT2D eigenvalue weighted by molar-refractivity contribution is -0.129. The number of nitrogens with zero attached hydrogens (tertiary/aromatic N) is 1. The first-order valence-corrected chi connectivity index (χ1v) is 8.59. The largest absolute Gasteiger partial charge is 0.497 e. The average molecular weight is 344 g/mol. The van der Waals surface area contributed by atoms with E-state index in [1.54, 1.807) is 12.0 Å². The van der Waals surface area contributed by atoms with E-state index in [2.05, 4.69) is 5.32 Å². The van der Waals surface area contributed by atoms with Crippen LogP contribution in [0.5, 0.6) is 5.75 Å². The number of aliphatic hydroxyl groups excluding tert-OH is 1. The highest BCUT2D eigenvalue weighted by Gasteiger charge is 2.35. The minimum atomic E-state index is -0.313. The number of carbonyl (C=O) groups excluding carboxylic acids is 2. The average Bonchev–Trinajstić information content (AvgIpc) is 3.22. The third-order valence-corrected chi connectivity index (χ3v) is 4.85. The van der Waals surface area contributed by atoms with Gasteiger partial charge in [0.05, 0.1) is 13.0 Å². The number of hydrogen-bond donors (Lipinski definition) is 2. The molecule has 1 aliphatic heterocycles. The summed E-state index contributed by atoms with van der Waals surface area (Å²) in [5, 5.41) is 12.1. The molecule has 1 saturated heterocycles. The number of nitrogens with one attached hydrogen (secondary N) is 1. The van der Waals surface area contributed by atoms with E-state index >= 15 is 0 Å². The van der Waals surface area contributed by atoms with Gasteiger partial charge in [-0.25, -0.2) is 0 Å². The van der Waals surface area contributed by atoms with E-state index in [9.17, 15) is 9.59 Å². The molecular weight excluding hydrogens is 320 g/mol. The van der Waals surface area contributed by atoms with Crippen LogP contribution >= 0.6 is 0 Å². The summed E-state index contributed by atoms with van der Waals surface area (Å²) >= 11 is 0. The highest BCUT2D eigenvalue weighted by Crippen LogP contribution is 2.23. The molecule has 3 atom stereocenters. The Hall–Kier alpha value is -2.34. The van der Waals surface area contributed by atoms with Crippen LogP contribution in [0.15, 0.2) is 36.4 Å². The first kappa shape index (κ1) is 17.5. The van der Waals surface area contributed by atoms with Crippen molar-refractivity contribution in [2.24, 2.45) is 11.8 Å². The van der Waals surface area contributed by atoms with Crippen LogP contribution in [0.1, 0.15) is 18.4 Å². The first-order chi connectivity index (χ1) is 12.1. The van der Waals surface area contributed by atoms with Crippen molar-refractivity contribution in [3.8, 4) is 5.75 Å². The van der Waals surface area contributed by atoms with Crippen molar-refractivity contribution in [1.29, 1.82) is 0 Å². The second kappa shape index (κ2) is 7.70. The maximum atomic E-state index is 12.4. The van der Waals surface area contributed by atoms with Gasteiger partial charge in [0.2, 0.25) is 11.8 Å². The van der Waals surface area contributed by atoms with Gasteiger partial charge in [-0.2, -0.15) is 0 Å². The molecule has 2 N–H and O–H groups in total. The Morgan fingerprint density at radius 3 is 2.72 bits per heavy atom. The van der Waals surface area contributed by atoms with E-state index in [1.807, 2.05) is 36.4 Å². The van der Waals surface area contributed by atoms with Gasteiger partial charge in [-0.1, -0.05) is 24.3 Å². The molecule has 25 heavy (non-hydrogen) atoms. The third-order valence-electron chi connectivity index (χ3n) is 4.85. The molecule has 6 heteroatoms. The molecule has 1 fully saturated rings. The second-order valence-electron chi connectivity index (χ2n) is 6.70. The second-order valence-corrected chi connectivity index (χ2v) is 6.70. The molecule has 1 heterocycles. The Kier molecular flexibility index (Phi) is 5.38. The van der Waals surface area contributed by atoms with Crippen LogP contribution in [0.25, 0.3) is 0 Å². The van der Waals surface area contributed by atoms with E-state index < -0.39 is 0 Å². The van der Waals surface area contributed by atoms with Gasteiger partial charge >= 0.3 is 0 Å². The SMILES string of the molecule is COc1ccc(CN2CC(C(=O)N[C@@H]3C=C[C@H](CO)C3)CC2=O)cc1. The maximum Gasteiger partial charge on any atom is 0.225 e. The van der Waals surface area contributed by atoms with Crippen LogP contribution in [0.3, 0.4) is 0 Å². The molecule has 1 aliphatic carbocycles. The number of methoxy groups -OCH3 is 1. The zero-order chi connectivity index (χ0) is 17.8. The zero-order valence-corrected chi connectivity index (χ0v) is 14.4. The molecule has 1 aromatic carbocycles. The van der Waals surface area contributed by atoms with Crippen molar-refractivity contribution < 1.29 is 19.4 Å². The molecule has 0 bridgehead atoms. The van der Waals surface area contributed by atoms with Gasteiger partial charge < -0.3 is 20.1 Å². The normalized spacial score (nSPS) is 25.4. The number of rotatable bonds is 6. The smallest absolute Gasteiger partial charge is 0.225 e. The molecule has 0 saturated carbocycles. The molecule has 1 unspecified atom stereocenters. The molecular formula is C19H24N2O4. The molecule has 1 aromatic rings. The number of amides is 2. The minimum absolute atomic E-state index is 0.00571. The van der Waals surface area contributed by atoms with Gasteiger partial charge in [0.15, 0.2) is 0 Å². The Morgan fingerprint density at radius 1 is 1.32 bits per heavy atom. The van der Waals surface area contributed by atoms with Crippen molar-refractivity contribution in [2.75, 3.05) is 20.3 Å². The summed E-state index contributed by atoms with van der Waals surface area (Å²) in [4.78, 5) is 26.4. The molecule has 0 aromatic heterocycles. The van der Waals surface area contributed by atoms with Gasteiger partial charge in [-0.05, 0) is 24.1 Å². The van der Waals surface area contributed by atoms with Gasteiger partial charge in [-0.15, -0.1) is 0 Å². The topological polar surface area (TPSA) is 78.9 Å². The Labute approximate surface area is 147 Å². The van der Waals surface area contributed by atoms with Crippen LogP contribution in [0.4, 0.5) is 0 Å². The van der Waals surface area contributed by atoms with Gasteiger partial charge in [0.1, 0.15) is 5.75 Å². The Bertz CT molecular complexity index is 656. The summed E-state index contributed by atoms with van der Waals surface area (Å²) in [6.45, 7) is 1.04. The molecule has 6 nitrogen and oxygen atoms in total.